The average molecular weight is 227 g/mol. The summed E-state index contributed by atoms with van der Waals surface area (Å²) >= 11 is 0. The average Bonchev–Trinajstić information content (AvgIpc) is 2.15. The molecule has 3 amide bonds. The Morgan fingerprint density at radius 2 is 2.12 bits per heavy atom. The predicted octanol–water partition coefficient (Wildman–Crippen LogP) is -0.0184. The number of halogens is 1. The second kappa shape index (κ2) is 4.96. The van der Waals surface area contributed by atoms with Gasteiger partial charge in [-0.15, -0.1) is 0 Å². The Hall–Kier alpha value is -2.31. The van der Waals surface area contributed by atoms with Crippen molar-refractivity contribution in [1.82, 2.24) is 5.32 Å². The summed E-state index contributed by atoms with van der Waals surface area (Å²) in [6, 6.07) is 2.76. The normalized spacial score (nSPS) is 9.56. The van der Waals surface area contributed by atoms with E-state index in [1.807, 2.05) is 0 Å². The zero-order valence-corrected chi connectivity index (χ0v) is 8.20. The van der Waals surface area contributed by atoms with Gasteiger partial charge >= 0.3 is 6.03 Å². The Kier molecular flexibility index (Phi) is 3.65. The lowest BCUT2D eigenvalue weighted by atomic mass is 10.3. The maximum absolute atomic E-state index is 13.1. The molecular formula is C9H10FN3O3. The van der Waals surface area contributed by atoms with Gasteiger partial charge in [0.15, 0.2) is 18.2 Å². The summed E-state index contributed by atoms with van der Waals surface area (Å²) in [5.74, 6) is -1.58. The number of hydrogen-bond acceptors (Lipinski definition) is 4. The molecule has 0 saturated heterocycles. The van der Waals surface area contributed by atoms with Crippen LogP contribution in [0.1, 0.15) is 0 Å². The van der Waals surface area contributed by atoms with Crippen molar-refractivity contribution in [3.63, 3.8) is 0 Å². The van der Waals surface area contributed by atoms with Crippen LogP contribution in [0.3, 0.4) is 0 Å². The summed E-state index contributed by atoms with van der Waals surface area (Å²) < 4.78 is 17.9. The number of amides is 3. The molecule has 0 bridgehead atoms. The lowest BCUT2D eigenvalue weighted by Gasteiger charge is -2.06. The molecule has 7 heteroatoms. The number of nitrogens with one attached hydrogen (secondary N) is 1. The smallest absolute Gasteiger partial charge is 0.318 e. The number of carbonyl (C=O) groups is 2. The first-order valence-electron chi connectivity index (χ1n) is 4.26. The van der Waals surface area contributed by atoms with Gasteiger partial charge in [-0.2, -0.15) is 0 Å². The molecule has 0 saturated carbocycles. The van der Waals surface area contributed by atoms with Gasteiger partial charge in [-0.25, -0.2) is 9.18 Å². The minimum atomic E-state index is -0.994. The number of anilines is 1. The molecular weight excluding hydrogens is 217 g/mol. The van der Waals surface area contributed by atoms with Gasteiger partial charge in [0, 0.05) is 11.8 Å². The molecule has 0 atom stereocenters. The number of primary amides is 1. The molecule has 0 radical (unpaired) electrons. The van der Waals surface area contributed by atoms with Gasteiger partial charge in [0.2, 0.25) is 0 Å². The number of imide groups is 1. The highest BCUT2D eigenvalue weighted by Crippen LogP contribution is 2.18. The Morgan fingerprint density at radius 3 is 2.69 bits per heavy atom. The minimum absolute atomic E-state index is 0.131. The van der Waals surface area contributed by atoms with E-state index in [0.29, 0.717) is 0 Å². The summed E-state index contributed by atoms with van der Waals surface area (Å²) in [6.07, 6.45) is 0. The van der Waals surface area contributed by atoms with Crippen LogP contribution in [0.25, 0.3) is 0 Å². The first-order chi connectivity index (χ1) is 7.49. The highest BCUT2D eigenvalue weighted by atomic mass is 19.1. The summed E-state index contributed by atoms with van der Waals surface area (Å²) in [7, 11) is 0. The van der Waals surface area contributed by atoms with Crippen molar-refractivity contribution in [3.05, 3.63) is 24.0 Å². The number of nitrogens with two attached hydrogens (primary N) is 2. The highest BCUT2D eigenvalue weighted by molar-refractivity contribution is 5.94. The van der Waals surface area contributed by atoms with E-state index in [1.165, 1.54) is 12.1 Å². The fraction of sp³-hybridized carbons (Fsp3) is 0.111. The van der Waals surface area contributed by atoms with Crippen molar-refractivity contribution >= 4 is 17.6 Å². The number of urea groups is 1. The number of carbonyl (C=O) groups excluding carboxylic acids is 2. The molecule has 6 nitrogen and oxygen atoms in total. The van der Waals surface area contributed by atoms with Crippen molar-refractivity contribution < 1.29 is 18.7 Å². The third-order valence-electron chi connectivity index (χ3n) is 1.58. The van der Waals surface area contributed by atoms with Crippen molar-refractivity contribution in [3.8, 4) is 5.75 Å². The summed E-state index contributed by atoms with van der Waals surface area (Å²) in [6.45, 7) is -0.510. The van der Waals surface area contributed by atoms with E-state index in [9.17, 15) is 14.0 Å². The topological polar surface area (TPSA) is 107 Å². The molecule has 0 fully saturated rings. The first-order valence-corrected chi connectivity index (χ1v) is 4.26. The molecule has 0 aliphatic carbocycles. The van der Waals surface area contributed by atoms with E-state index < -0.39 is 24.4 Å². The van der Waals surface area contributed by atoms with Crippen molar-refractivity contribution in [2.45, 2.75) is 0 Å². The number of ether oxygens (including phenoxy) is 1. The minimum Gasteiger partial charge on any atom is -0.481 e. The number of nitrogen functional groups attached to an aromatic ring is 1. The Bertz CT molecular complexity index is 422. The lowest BCUT2D eigenvalue weighted by molar-refractivity contribution is -0.121. The predicted molar refractivity (Wildman–Crippen MR) is 54.0 cm³/mol. The lowest BCUT2D eigenvalue weighted by Crippen LogP contribution is -2.38. The van der Waals surface area contributed by atoms with Crippen molar-refractivity contribution in [1.29, 1.82) is 0 Å². The van der Waals surface area contributed by atoms with Crippen molar-refractivity contribution in [2.24, 2.45) is 5.73 Å². The van der Waals surface area contributed by atoms with Crippen LogP contribution in [-0.2, 0) is 4.79 Å². The fourth-order valence-electron chi connectivity index (χ4n) is 0.951. The molecule has 0 aliphatic rings. The molecule has 86 valence electrons. The molecule has 1 aromatic carbocycles. The maximum Gasteiger partial charge on any atom is 0.318 e. The van der Waals surface area contributed by atoms with E-state index in [1.54, 1.807) is 5.32 Å². The van der Waals surface area contributed by atoms with Crippen LogP contribution in [0, 0.1) is 5.82 Å². The zero-order chi connectivity index (χ0) is 12.1. The van der Waals surface area contributed by atoms with Gasteiger partial charge in [0.25, 0.3) is 5.91 Å². The summed E-state index contributed by atoms with van der Waals surface area (Å²) in [5.41, 5.74) is 10.3. The van der Waals surface area contributed by atoms with Crippen LogP contribution in [0.4, 0.5) is 14.9 Å². The zero-order valence-electron chi connectivity index (χ0n) is 8.20. The van der Waals surface area contributed by atoms with Gasteiger partial charge in [0.1, 0.15) is 0 Å². The third kappa shape index (κ3) is 3.45. The second-order valence-corrected chi connectivity index (χ2v) is 2.89. The molecule has 16 heavy (non-hydrogen) atoms. The molecule has 0 unspecified atom stereocenters. The molecule has 0 spiro atoms. The molecule has 5 N–H and O–H groups in total. The number of rotatable bonds is 3. The highest BCUT2D eigenvalue weighted by Gasteiger charge is 2.08. The van der Waals surface area contributed by atoms with Crippen LogP contribution >= 0.6 is 0 Å². The standard InChI is InChI=1S/C9H10FN3O3/c10-6-3-5(11)1-2-7(6)16-4-8(14)13-9(12)15/h1-3H,4,11H2,(H3,12,13,14,15). The number of benzene rings is 1. The summed E-state index contributed by atoms with van der Waals surface area (Å²) in [4.78, 5) is 21.2. The van der Waals surface area contributed by atoms with E-state index in [-0.39, 0.29) is 11.4 Å². The van der Waals surface area contributed by atoms with Gasteiger partial charge in [-0.1, -0.05) is 0 Å². The van der Waals surface area contributed by atoms with Crippen molar-refractivity contribution in [2.75, 3.05) is 12.3 Å². The van der Waals surface area contributed by atoms with Gasteiger partial charge in [-0.3, -0.25) is 10.1 Å². The SMILES string of the molecule is NC(=O)NC(=O)COc1ccc(N)cc1F. The fourth-order valence-corrected chi connectivity index (χ4v) is 0.951. The van der Waals surface area contributed by atoms with Gasteiger partial charge in [-0.05, 0) is 12.1 Å². The first kappa shape index (κ1) is 11.8. The van der Waals surface area contributed by atoms with E-state index in [0.717, 1.165) is 6.07 Å². The van der Waals surface area contributed by atoms with E-state index in [4.69, 9.17) is 16.2 Å². The molecule has 1 aromatic rings. The molecule has 0 aromatic heterocycles. The van der Waals surface area contributed by atoms with E-state index >= 15 is 0 Å². The maximum atomic E-state index is 13.1. The largest absolute Gasteiger partial charge is 0.481 e. The quantitative estimate of drug-likeness (QED) is 0.630. The number of hydrogen-bond donors (Lipinski definition) is 3. The van der Waals surface area contributed by atoms with Crippen LogP contribution < -0.4 is 21.5 Å². The van der Waals surface area contributed by atoms with Gasteiger partial charge < -0.3 is 16.2 Å². The molecule has 0 aliphatic heterocycles. The molecule has 1 rings (SSSR count). The Balaban J connectivity index is 2.54. The third-order valence-corrected chi connectivity index (χ3v) is 1.58. The Morgan fingerprint density at radius 1 is 1.44 bits per heavy atom. The molecule has 0 heterocycles. The Labute approximate surface area is 90.4 Å². The second-order valence-electron chi connectivity index (χ2n) is 2.89. The monoisotopic (exact) mass is 227 g/mol. The van der Waals surface area contributed by atoms with Crippen LogP contribution in [0.5, 0.6) is 5.75 Å². The van der Waals surface area contributed by atoms with E-state index in [2.05, 4.69) is 0 Å². The van der Waals surface area contributed by atoms with Gasteiger partial charge in [0.05, 0.1) is 0 Å². The van der Waals surface area contributed by atoms with Crippen LogP contribution in [0.15, 0.2) is 18.2 Å². The summed E-state index contributed by atoms with van der Waals surface area (Å²) in [5, 5.41) is 1.77. The van der Waals surface area contributed by atoms with Crippen LogP contribution in [0.2, 0.25) is 0 Å². The van der Waals surface area contributed by atoms with Crippen LogP contribution in [-0.4, -0.2) is 18.5 Å².